The Bertz CT molecular complexity index is 778. The van der Waals surface area contributed by atoms with E-state index in [-0.39, 0.29) is 11.8 Å². The molecule has 1 saturated heterocycles. The molecule has 1 aliphatic rings. The zero-order valence-corrected chi connectivity index (χ0v) is 14.2. The summed E-state index contributed by atoms with van der Waals surface area (Å²) >= 11 is 0. The molecule has 4 nitrogen and oxygen atoms in total. The topological polar surface area (TPSA) is 57.6 Å². The first-order valence-corrected chi connectivity index (χ1v) is 8.42. The monoisotopic (exact) mass is 325 g/mol. The van der Waals surface area contributed by atoms with Crippen LogP contribution in [0.3, 0.4) is 0 Å². The van der Waals surface area contributed by atoms with Gasteiger partial charge in [0, 0.05) is 13.1 Å². The number of fused-ring (bicyclic) bond motifs is 1. The molecular formula is C20H23NO3. The van der Waals surface area contributed by atoms with Crippen LogP contribution in [0.15, 0.2) is 42.5 Å². The van der Waals surface area contributed by atoms with Gasteiger partial charge in [-0.3, -0.25) is 9.59 Å². The fraction of sp³-hybridized carbons (Fsp3) is 0.400. The van der Waals surface area contributed by atoms with E-state index >= 15 is 0 Å². The molecule has 126 valence electrons. The smallest absolute Gasteiger partial charge is 0.311 e. The first kappa shape index (κ1) is 16.5. The molecule has 1 atom stereocenters. The van der Waals surface area contributed by atoms with Gasteiger partial charge in [-0.2, -0.15) is 0 Å². The lowest BCUT2D eigenvalue weighted by atomic mass is 9.76. The third-order valence-corrected chi connectivity index (χ3v) is 5.41. The van der Waals surface area contributed by atoms with Crippen molar-refractivity contribution in [3.63, 3.8) is 0 Å². The summed E-state index contributed by atoms with van der Waals surface area (Å²) in [6.45, 7) is 4.68. The number of carbonyl (C=O) groups is 2. The number of carbonyl (C=O) groups excluding carboxylic acids is 1. The fourth-order valence-corrected chi connectivity index (χ4v) is 3.66. The number of carboxylic acids is 1. The minimum absolute atomic E-state index is 0.00496. The Morgan fingerprint density at radius 1 is 1.17 bits per heavy atom. The second kappa shape index (κ2) is 6.27. The van der Waals surface area contributed by atoms with Crippen LogP contribution in [-0.2, 0) is 16.0 Å². The molecular weight excluding hydrogens is 302 g/mol. The van der Waals surface area contributed by atoms with E-state index in [4.69, 9.17) is 0 Å². The fourth-order valence-electron chi connectivity index (χ4n) is 3.66. The summed E-state index contributed by atoms with van der Waals surface area (Å²) in [5, 5.41) is 11.8. The number of hydrogen-bond acceptors (Lipinski definition) is 2. The summed E-state index contributed by atoms with van der Waals surface area (Å²) in [4.78, 5) is 26.2. The molecule has 0 aliphatic carbocycles. The Morgan fingerprint density at radius 2 is 1.88 bits per heavy atom. The number of likely N-dealkylation sites (tertiary alicyclic amines) is 1. The highest BCUT2D eigenvalue weighted by atomic mass is 16.4. The van der Waals surface area contributed by atoms with Crippen molar-refractivity contribution in [3.8, 4) is 0 Å². The number of carboxylic acid groups (broad SMARTS) is 1. The van der Waals surface area contributed by atoms with Crippen LogP contribution >= 0.6 is 0 Å². The van der Waals surface area contributed by atoms with Gasteiger partial charge in [0.2, 0.25) is 5.91 Å². The van der Waals surface area contributed by atoms with Crippen molar-refractivity contribution >= 4 is 22.6 Å². The van der Waals surface area contributed by atoms with E-state index < -0.39 is 11.4 Å². The van der Waals surface area contributed by atoms with Crippen LogP contribution in [0.1, 0.15) is 25.8 Å². The maximum absolute atomic E-state index is 12.7. The average molecular weight is 325 g/mol. The van der Waals surface area contributed by atoms with E-state index in [9.17, 15) is 14.7 Å². The van der Waals surface area contributed by atoms with Crippen molar-refractivity contribution in [2.24, 2.45) is 11.3 Å². The first-order valence-electron chi connectivity index (χ1n) is 8.42. The lowest BCUT2D eigenvalue weighted by molar-refractivity contribution is -0.151. The van der Waals surface area contributed by atoms with E-state index in [0.717, 1.165) is 16.3 Å². The predicted molar refractivity (Wildman–Crippen MR) is 93.8 cm³/mol. The van der Waals surface area contributed by atoms with Gasteiger partial charge in [-0.05, 0) is 28.7 Å². The molecule has 1 fully saturated rings. The molecule has 0 saturated carbocycles. The molecule has 1 aliphatic heterocycles. The van der Waals surface area contributed by atoms with Crippen molar-refractivity contribution in [2.75, 3.05) is 13.1 Å². The Balaban J connectivity index is 1.80. The predicted octanol–water partition coefficient (Wildman–Crippen LogP) is 3.34. The standard InChI is InChI=1S/C20H23NO3/c1-14(2)20(19(23)24)10-11-21(13-20)18(22)12-16-8-5-7-15-6-3-4-9-17(15)16/h3-9,14H,10-13H2,1-2H3,(H,23,24). The quantitative estimate of drug-likeness (QED) is 0.938. The van der Waals surface area contributed by atoms with Crippen molar-refractivity contribution in [2.45, 2.75) is 26.7 Å². The highest BCUT2D eigenvalue weighted by molar-refractivity contribution is 5.90. The van der Waals surface area contributed by atoms with Crippen molar-refractivity contribution in [1.82, 2.24) is 4.90 Å². The SMILES string of the molecule is CC(C)C1(C(=O)O)CCN(C(=O)Cc2cccc3ccccc23)C1. The third kappa shape index (κ3) is 2.77. The Morgan fingerprint density at radius 3 is 2.54 bits per heavy atom. The van der Waals surface area contributed by atoms with Gasteiger partial charge >= 0.3 is 5.97 Å². The second-order valence-electron chi connectivity index (χ2n) is 7.00. The molecule has 1 N–H and O–H groups in total. The van der Waals surface area contributed by atoms with E-state index in [2.05, 4.69) is 0 Å². The van der Waals surface area contributed by atoms with Crippen LogP contribution < -0.4 is 0 Å². The molecule has 3 rings (SSSR count). The minimum Gasteiger partial charge on any atom is -0.481 e. The molecule has 1 amide bonds. The van der Waals surface area contributed by atoms with Crippen molar-refractivity contribution in [1.29, 1.82) is 0 Å². The highest BCUT2D eigenvalue weighted by Gasteiger charge is 2.48. The van der Waals surface area contributed by atoms with Gasteiger partial charge in [0.1, 0.15) is 0 Å². The van der Waals surface area contributed by atoms with E-state index in [1.54, 1.807) is 4.90 Å². The van der Waals surface area contributed by atoms with Crippen LogP contribution in [0, 0.1) is 11.3 Å². The molecule has 0 radical (unpaired) electrons. The van der Waals surface area contributed by atoms with Crippen molar-refractivity contribution in [3.05, 3.63) is 48.0 Å². The lowest BCUT2D eigenvalue weighted by Gasteiger charge is -2.28. The molecule has 1 unspecified atom stereocenters. The summed E-state index contributed by atoms with van der Waals surface area (Å²) in [5.41, 5.74) is 0.185. The molecule has 2 aromatic rings. The molecule has 4 heteroatoms. The second-order valence-corrected chi connectivity index (χ2v) is 7.00. The molecule has 24 heavy (non-hydrogen) atoms. The molecule has 1 heterocycles. The number of nitrogens with zero attached hydrogens (tertiary/aromatic N) is 1. The maximum Gasteiger partial charge on any atom is 0.311 e. The van der Waals surface area contributed by atoms with Crippen molar-refractivity contribution < 1.29 is 14.7 Å². The molecule has 0 aromatic heterocycles. The van der Waals surface area contributed by atoms with Crippen LogP contribution in [0.5, 0.6) is 0 Å². The average Bonchev–Trinajstić information content (AvgIpc) is 3.02. The third-order valence-electron chi connectivity index (χ3n) is 5.41. The van der Waals surface area contributed by atoms with Crippen LogP contribution in [0.2, 0.25) is 0 Å². The highest BCUT2D eigenvalue weighted by Crippen LogP contribution is 2.38. The van der Waals surface area contributed by atoms with Gasteiger partial charge < -0.3 is 10.0 Å². The summed E-state index contributed by atoms with van der Waals surface area (Å²) in [7, 11) is 0. The summed E-state index contributed by atoms with van der Waals surface area (Å²) in [5.74, 6) is -0.779. The van der Waals surface area contributed by atoms with Gasteiger partial charge in [0.05, 0.1) is 11.8 Å². The zero-order valence-electron chi connectivity index (χ0n) is 14.2. The van der Waals surface area contributed by atoms with Crippen LogP contribution in [-0.4, -0.2) is 35.0 Å². The Labute approximate surface area is 142 Å². The van der Waals surface area contributed by atoms with Crippen LogP contribution in [0.4, 0.5) is 0 Å². The number of aliphatic carboxylic acids is 1. The zero-order chi connectivity index (χ0) is 17.3. The van der Waals surface area contributed by atoms with E-state index in [0.29, 0.717) is 25.9 Å². The summed E-state index contributed by atoms with van der Waals surface area (Å²) in [6, 6.07) is 14.0. The minimum atomic E-state index is -0.811. The van der Waals surface area contributed by atoms with Gasteiger partial charge in [-0.15, -0.1) is 0 Å². The molecule has 0 bridgehead atoms. The maximum atomic E-state index is 12.7. The van der Waals surface area contributed by atoms with E-state index in [1.807, 2.05) is 56.3 Å². The number of benzene rings is 2. The largest absolute Gasteiger partial charge is 0.481 e. The number of amides is 1. The molecule has 0 spiro atoms. The van der Waals surface area contributed by atoms with Gasteiger partial charge in [0.15, 0.2) is 0 Å². The Hall–Kier alpha value is -2.36. The summed E-state index contributed by atoms with van der Waals surface area (Å²) < 4.78 is 0. The number of rotatable bonds is 4. The van der Waals surface area contributed by atoms with Gasteiger partial charge in [0.25, 0.3) is 0 Å². The van der Waals surface area contributed by atoms with Gasteiger partial charge in [-0.25, -0.2) is 0 Å². The van der Waals surface area contributed by atoms with E-state index in [1.165, 1.54) is 0 Å². The lowest BCUT2D eigenvalue weighted by Crippen LogP contribution is -2.41. The molecule has 2 aromatic carbocycles. The normalized spacial score (nSPS) is 20.7. The Kier molecular flexibility index (Phi) is 4.31. The van der Waals surface area contributed by atoms with Gasteiger partial charge in [-0.1, -0.05) is 56.3 Å². The van der Waals surface area contributed by atoms with Crippen LogP contribution in [0.25, 0.3) is 10.8 Å². The summed E-state index contributed by atoms with van der Waals surface area (Å²) in [6.07, 6.45) is 0.844. The number of hydrogen-bond donors (Lipinski definition) is 1. The first-order chi connectivity index (χ1) is 11.4.